The fourth-order valence-corrected chi connectivity index (χ4v) is 4.19. The van der Waals surface area contributed by atoms with Gasteiger partial charge in [0.2, 0.25) is 10.0 Å². The van der Waals surface area contributed by atoms with Crippen LogP contribution in [0.3, 0.4) is 0 Å². The van der Waals surface area contributed by atoms with Gasteiger partial charge in [0, 0.05) is 11.6 Å². The van der Waals surface area contributed by atoms with E-state index in [1.165, 1.54) is 19.2 Å². The minimum Gasteiger partial charge on any atom is -0.489 e. The van der Waals surface area contributed by atoms with E-state index < -0.39 is 16.0 Å². The molecule has 0 amide bonds. The number of esters is 1. The minimum absolute atomic E-state index is 0.0226. The first kappa shape index (κ1) is 23.8. The lowest BCUT2D eigenvalue weighted by Gasteiger charge is -2.10. The Hall–Kier alpha value is -2.87. The van der Waals surface area contributed by atoms with Crippen LogP contribution in [0.15, 0.2) is 71.6 Å². The Balaban J connectivity index is 1.54. The van der Waals surface area contributed by atoms with Crippen LogP contribution in [0.5, 0.6) is 5.75 Å². The van der Waals surface area contributed by atoms with Crippen LogP contribution in [0.1, 0.15) is 27.0 Å². The van der Waals surface area contributed by atoms with Gasteiger partial charge in [0.1, 0.15) is 12.4 Å². The molecule has 0 heterocycles. The van der Waals surface area contributed by atoms with Gasteiger partial charge in [-0.1, -0.05) is 41.9 Å². The summed E-state index contributed by atoms with van der Waals surface area (Å²) < 4.78 is 38.2. The SMILES string of the molecule is COC(=O)c1cc(S(=O)(=O)NCCc2ccc(OCc3ccc(Cl)cc3)cc2)ccc1C. The maximum Gasteiger partial charge on any atom is 0.338 e. The van der Waals surface area contributed by atoms with Crippen molar-refractivity contribution in [1.82, 2.24) is 4.72 Å². The first-order valence-corrected chi connectivity index (χ1v) is 11.8. The van der Waals surface area contributed by atoms with E-state index in [4.69, 9.17) is 21.1 Å². The van der Waals surface area contributed by atoms with Crippen LogP contribution in [0.25, 0.3) is 0 Å². The van der Waals surface area contributed by atoms with Gasteiger partial charge in [0.25, 0.3) is 0 Å². The number of hydrogen-bond donors (Lipinski definition) is 1. The average molecular weight is 474 g/mol. The maximum atomic E-state index is 12.6. The van der Waals surface area contributed by atoms with Crippen molar-refractivity contribution in [2.75, 3.05) is 13.7 Å². The molecular formula is C24H24ClNO5S. The molecule has 168 valence electrons. The molecule has 0 aliphatic carbocycles. The first-order chi connectivity index (χ1) is 15.3. The largest absolute Gasteiger partial charge is 0.489 e. The number of carbonyl (C=O) groups is 1. The third-order valence-corrected chi connectivity index (χ3v) is 6.58. The van der Waals surface area contributed by atoms with Gasteiger partial charge in [-0.2, -0.15) is 0 Å². The third kappa shape index (κ3) is 6.32. The number of sulfonamides is 1. The lowest BCUT2D eigenvalue weighted by Crippen LogP contribution is -2.26. The van der Waals surface area contributed by atoms with Gasteiger partial charge in [0.05, 0.1) is 17.6 Å². The second-order valence-electron chi connectivity index (χ2n) is 7.18. The Morgan fingerprint density at radius 3 is 2.28 bits per heavy atom. The van der Waals surface area contributed by atoms with Crippen LogP contribution in [-0.4, -0.2) is 28.0 Å². The highest BCUT2D eigenvalue weighted by Crippen LogP contribution is 2.18. The summed E-state index contributed by atoms with van der Waals surface area (Å²) in [7, 11) is -2.49. The number of carbonyl (C=O) groups excluding carboxylic acids is 1. The van der Waals surface area contributed by atoms with Gasteiger partial charge in [0.15, 0.2) is 0 Å². The van der Waals surface area contributed by atoms with E-state index in [1.54, 1.807) is 13.0 Å². The maximum absolute atomic E-state index is 12.6. The average Bonchev–Trinajstić information content (AvgIpc) is 2.79. The summed E-state index contributed by atoms with van der Waals surface area (Å²) in [4.78, 5) is 11.9. The van der Waals surface area contributed by atoms with Crippen molar-refractivity contribution in [2.24, 2.45) is 0 Å². The van der Waals surface area contributed by atoms with Crippen LogP contribution in [0.2, 0.25) is 5.02 Å². The molecule has 8 heteroatoms. The first-order valence-electron chi connectivity index (χ1n) is 9.93. The zero-order valence-corrected chi connectivity index (χ0v) is 19.4. The Labute approximate surface area is 193 Å². The highest BCUT2D eigenvalue weighted by molar-refractivity contribution is 7.89. The van der Waals surface area contributed by atoms with Crippen LogP contribution in [0.4, 0.5) is 0 Å². The molecule has 0 aromatic heterocycles. The monoisotopic (exact) mass is 473 g/mol. The van der Waals surface area contributed by atoms with Crippen LogP contribution in [0, 0.1) is 6.92 Å². The molecule has 3 aromatic carbocycles. The fraction of sp³-hybridized carbons (Fsp3) is 0.208. The molecule has 6 nitrogen and oxygen atoms in total. The number of ether oxygens (including phenoxy) is 2. The second-order valence-corrected chi connectivity index (χ2v) is 9.38. The summed E-state index contributed by atoms with van der Waals surface area (Å²) >= 11 is 5.88. The molecule has 0 aliphatic heterocycles. The minimum atomic E-state index is -3.75. The molecule has 0 unspecified atom stereocenters. The van der Waals surface area contributed by atoms with Crippen molar-refractivity contribution in [2.45, 2.75) is 24.8 Å². The van der Waals surface area contributed by atoms with Crippen LogP contribution < -0.4 is 9.46 Å². The standard InChI is InChI=1S/C24H24ClNO5S/c1-17-3-12-22(15-23(17)24(27)30-2)32(28,29)26-14-13-18-6-10-21(11-7-18)31-16-19-4-8-20(25)9-5-19/h3-12,15,26H,13-14,16H2,1-2H3. The quantitative estimate of drug-likeness (QED) is 0.461. The molecule has 0 fully saturated rings. The number of benzene rings is 3. The molecule has 0 bridgehead atoms. The van der Waals surface area contributed by atoms with Crippen molar-refractivity contribution >= 4 is 27.6 Å². The molecule has 3 rings (SSSR count). The van der Waals surface area contributed by atoms with Gasteiger partial charge in [-0.25, -0.2) is 17.9 Å². The van der Waals surface area contributed by atoms with Crippen molar-refractivity contribution < 1.29 is 22.7 Å². The number of methoxy groups -OCH3 is 1. The van der Waals surface area contributed by atoms with Gasteiger partial charge in [-0.3, -0.25) is 0 Å². The molecule has 32 heavy (non-hydrogen) atoms. The zero-order valence-electron chi connectivity index (χ0n) is 17.8. The number of aryl methyl sites for hydroxylation is 1. The molecule has 1 N–H and O–H groups in total. The van der Waals surface area contributed by atoms with E-state index in [-0.39, 0.29) is 17.0 Å². The van der Waals surface area contributed by atoms with E-state index in [2.05, 4.69) is 4.72 Å². The molecule has 0 radical (unpaired) electrons. The van der Waals surface area contributed by atoms with Crippen LogP contribution >= 0.6 is 11.6 Å². The molecule has 0 spiro atoms. The van der Waals surface area contributed by atoms with Crippen LogP contribution in [-0.2, 0) is 27.8 Å². The van der Waals surface area contributed by atoms with Gasteiger partial charge in [-0.05, 0) is 66.4 Å². The summed E-state index contributed by atoms with van der Waals surface area (Å²) in [6, 6.07) is 19.3. The molecule has 0 saturated heterocycles. The number of halogens is 1. The molecule has 0 aliphatic rings. The number of hydrogen-bond acceptors (Lipinski definition) is 5. The summed E-state index contributed by atoms with van der Waals surface area (Å²) in [6.45, 7) is 2.37. The van der Waals surface area contributed by atoms with E-state index in [0.717, 1.165) is 16.9 Å². The molecular weight excluding hydrogens is 450 g/mol. The Kier molecular flexibility index (Phi) is 7.90. The molecule has 0 atom stereocenters. The third-order valence-electron chi connectivity index (χ3n) is 4.87. The molecule has 3 aromatic rings. The summed E-state index contributed by atoms with van der Waals surface area (Å²) in [5.74, 6) is 0.150. The lowest BCUT2D eigenvalue weighted by atomic mass is 10.1. The van der Waals surface area contributed by atoms with E-state index in [0.29, 0.717) is 23.6 Å². The van der Waals surface area contributed by atoms with E-state index >= 15 is 0 Å². The highest BCUT2D eigenvalue weighted by atomic mass is 35.5. The van der Waals surface area contributed by atoms with Crippen molar-refractivity contribution in [3.63, 3.8) is 0 Å². The predicted molar refractivity (Wildman–Crippen MR) is 124 cm³/mol. The van der Waals surface area contributed by atoms with Gasteiger partial charge in [-0.15, -0.1) is 0 Å². The summed E-state index contributed by atoms with van der Waals surface area (Å²) in [5, 5.41) is 0.681. The summed E-state index contributed by atoms with van der Waals surface area (Å²) in [5.41, 5.74) is 2.85. The van der Waals surface area contributed by atoms with Gasteiger partial charge < -0.3 is 9.47 Å². The predicted octanol–water partition coefficient (Wildman–Crippen LogP) is 4.54. The van der Waals surface area contributed by atoms with Crippen molar-refractivity contribution in [3.05, 3.63) is 94.0 Å². The van der Waals surface area contributed by atoms with Gasteiger partial charge >= 0.3 is 5.97 Å². The molecule has 0 saturated carbocycles. The Bertz CT molecular complexity index is 1180. The topological polar surface area (TPSA) is 81.7 Å². The second kappa shape index (κ2) is 10.6. The van der Waals surface area contributed by atoms with E-state index in [9.17, 15) is 13.2 Å². The zero-order chi connectivity index (χ0) is 23.1. The fourth-order valence-electron chi connectivity index (χ4n) is 3.01. The van der Waals surface area contributed by atoms with Crippen molar-refractivity contribution in [3.8, 4) is 5.75 Å². The highest BCUT2D eigenvalue weighted by Gasteiger charge is 2.18. The number of rotatable bonds is 9. The normalized spacial score (nSPS) is 11.2. The summed E-state index contributed by atoms with van der Waals surface area (Å²) in [6.07, 6.45) is 0.506. The van der Waals surface area contributed by atoms with E-state index in [1.807, 2.05) is 48.5 Å². The smallest absolute Gasteiger partial charge is 0.338 e. The Morgan fingerprint density at radius 1 is 0.969 bits per heavy atom. The van der Waals surface area contributed by atoms with Crippen molar-refractivity contribution in [1.29, 1.82) is 0 Å². The Morgan fingerprint density at radius 2 is 1.62 bits per heavy atom. The number of nitrogens with one attached hydrogen (secondary N) is 1. The lowest BCUT2D eigenvalue weighted by molar-refractivity contribution is 0.0599.